The fourth-order valence-corrected chi connectivity index (χ4v) is 2.50. The lowest BCUT2D eigenvalue weighted by molar-refractivity contribution is 0.501. The van der Waals surface area contributed by atoms with Gasteiger partial charge in [0.15, 0.2) is 5.96 Å². The van der Waals surface area contributed by atoms with Crippen LogP contribution in [0.25, 0.3) is 0 Å². The summed E-state index contributed by atoms with van der Waals surface area (Å²) in [6.45, 7) is 3.51. The zero-order valence-corrected chi connectivity index (χ0v) is 16.4. The molecule has 1 aromatic carbocycles. The number of guanidine groups is 1. The Morgan fingerprint density at radius 1 is 1.25 bits per heavy atom. The second kappa shape index (κ2) is 9.64. The molecule has 0 bridgehead atoms. The molecule has 0 spiro atoms. The molecule has 0 unspecified atom stereocenters. The normalized spacial score (nSPS) is 11.7. The summed E-state index contributed by atoms with van der Waals surface area (Å²) in [4.78, 5) is 4.51. The Hall–Kier alpha value is -1.59. The summed E-state index contributed by atoms with van der Waals surface area (Å²) in [5.41, 5.74) is 0.756. The van der Waals surface area contributed by atoms with Crippen LogP contribution in [0.5, 0.6) is 0 Å². The van der Waals surface area contributed by atoms with Crippen LogP contribution in [-0.2, 0) is 23.1 Å². The molecule has 9 heteroatoms. The first kappa shape index (κ1) is 20.5. The van der Waals surface area contributed by atoms with E-state index >= 15 is 0 Å². The Bertz CT molecular complexity index is 761. The van der Waals surface area contributed by atoms with Crippen molar-refractivity contribution in [3.8, 4) is 0 Å². The van der Waals surface area contributed by atoms with Crippen LogP contribution in [-0.4, -0.2) is 20.9 Å². The number of nitrogens with two attached hydrogens (primary N) is 1. The maximum absolute atomic E-state index is 11.4. The van der Waals surface area contributed by atoms with Gasteiger partial charge in [0.2, 0.25) is 10.0 Å². The zero-order chi connectivity index (χ0) is 16.7. The van der Waals surface area contributed by atoms with Gasteiger partial charge < -0.3 is 15.1 Å². The van der Waals surface area contributed by atoms with Gasteiger partial charge in [0, 0.05) is 6.54 Å². The van der Waals surface area contributed by atoms with Gasteiger partial charge in [-0.1, -0.05) is 12.1 Å². The van der Waals surface area contributed by atoms with Gasteiger partial charge in [0.05, 0.1) is 24.2 Å². The molecule has 0 aliphatic heterocycles. The Balaban J connectivity index is 0.00000288. The Morgan fingerprint density at radius 3 is 2.67 bits per heavy atom. The third kappa shape index (κ3) is 6.49. The smallest absolute Gasteiger partial charge is 0.238 e. The molecule has 2 aromatic rings. The van der Waals surface area contributed by atoms with Crippen molar-refractivity contribution >= 4 is 40.0 Å². The lowest BCUT2D eigenvalue weighted by Gasteiger charge is -2.10. The summed E-state index contributed by atoms with van der Waals surface area (Å²) < 4.78 is 28.0. The number of sulfonamides is 1. The summed E-state index contributed by atoms with van der Waals surface area (Å²) in [5, 5.41) is 11.4. The number of nitrogens with zero attached hydrogens (tertiary/aromatic N) is 1. The van der Waals surface area contributed by atoms with Crippen LogP contribution in [0, 0.1) is 0 Å². The summed E-state index contributed by atoms with van der Waals surface area (Å²) >= 11 is 0. The number of halogens is 1. The number of primary sulfonamides is 1. The lowest BCUT2D eigenvalue weighted by Crippen LogP contribution is -2.36. The van der Waals surface area contributed by atoms with Crippen LogP contribution in [0.3, 0.4) is 0 Å². The zero-order valence-electron chi connectivity index (χ0n) is 13.2. The molecular formula is C15H21IN4O3S. The van der Waals surface area contributed by atoms with E-state index in [0.717, 1.165) is 11.3 Å². The van der Waals surface area contributed by atoms with E-state index in [9.17, 15) is 8.42 Å². The van der Waals surface area contributed by atoms with Crippen LogP contribution in [0.4, 0.5) is 0 Å². The molecule has 0 aliphatic carbocycles. The van der Waals surface area contributed by atoms with E-state index in [1.54, 1.807) is 18.4 Å². The predicted octanol–water partition coefficient (Wildman–Crippen LogP) is 1.80. The van der Waals surface area contributed by atoms with E-state index in [4.69, 9.17) is 9.56 Å². The molecule has 0 amide bonds. The molecule has 7 nitrogen and oxygen atoms in total. The van der Waals surface area contributed by atoms with Gasteiger partial charge in [-0.25, -0.2) is 18.5 Å². The van der Waals surface area contributed by atoms with Crippen molar-refractivity contribution in [2.24, 2.45) is 10.1 Å². The average molecular weight is 464 g/mol. The van der Waals surface area contributed by atoms with Crippen molar-refractivity contribution in [3.63, 3.8) is 0 Å². The number of benzene rings is 1. The summed E-state index contributed by atoms with van der Waals surface area (Å²) in [6, 6.07) is 10.1. The van der Waals surface area contributed by atoms with Crippen molar-refractivity contribution in [2.45, 2.75) is 24.9 Å². The summed E-state index contributed by atoms with van der Waals surface area (Å²) in [5.74, 6) is 1.41. The molecule has 0 atom stereocenters. The molecule has 24 heavy (non-hydrogen) atoms. The molecule has 1 aromatic heterocycles. The maximum atomic E-state index is 11.4. The minimum atomic E-state index is -3.71. The number of rotatable bonds is 6. The second-order valence-electron chi connectivity index (χ2n) is 4.82. The average Bonchev–Trinajstić information content (AvgIpc) is 3.03. The first-order valence-electron chi connectivity index (χ1n) is 7.15. The van der Waals surface area contributed by atoms with Crippen molar-refractivity contribution in [1.82, 2.24) is 10.6 Å². The van der Waals surface area contributed by atoms with Crippen molar-refractivity contribution in [3.05, 3.63) is 54.0 Å². The molecule has 0 fully saturated rings. The number of hydrogen-bond donors (Lipinski definition) is 3. The van der Waals surface area contributed by atoms with Crippen LogP contribution in [0.15, 0.2) is 57.0 Å². The van der Waals surface area contributed by atoms with Crippen LogP contribution < -0.4 is 15.8 Å². The van der Waals surface area contributed by atoms with Crippen LogP contribution in [0.2, 0.25) is 0 Å². The van der Waals surface area contributed by atoms with Gasteiger partial charge in [-0.3, -0.25) is 0 Å². The molecule has 132 valence electrons. The third-order valence-electron chi connectivity index (χ3n) is 3.00. The van der Waals surface area contributed by atoms with Gasteiger partial charge in [-0.2, -0.15) is 0 Å². The fraction of sp³-hybridized carbons (Fsp3) is 0.267. The predicted molar refractivity (Wildman–Crippen MR) is 104 cm³/mol. The van der Waals surface area contributed by atoms with Gasteiger partial charge in [-0.15, -0.1) is 24.0 Å². The molecule has 1 heterocycles. The van der Waals surface area contributed by atoms with Crippen molar-refractivity contribution in [2.75, 3.05) is 6.54 Å². The lowest BCUT2D eigenvalue weighted by atomic mass is 10.2. The van der Waals surface area contributed by atoms with E-state index in [-0.39, 0.29) is 28.9 Å². The highest BCUT2D eigenvalue weighted by Gasteiger charge is 2.07. The quantitative estimate of drug-likeness (QED) is 0.343. The monoisotopic (exact) mass is 464 g/mol. The van der Waals surface area contributed by atoms with Gasteiger partial charge in [0.25, 0.3) is 0 Å². The van der Waals surface area contributed by atoms with E-state index in [1.807, 2.05) is 19.1 Å². The molecule has 4 N–H and O–H groups in total. The number of nitrogens with one attached hydrogen (secondary N) is 2. The highest BCUT2D eigenvalue weighted by atomic mass is 127. The topological polar surface area (TPSA) is 110 Å². The first-order valence-corrected chi connectivity index (χ1v) is 8.70. The van der Waals surface area contributed by atoms with Crippen molar-refractivity contribution in [1.29, 1.82) is 0 Å². The van der Waals surface area contributed by atoms with E-state index in [1.165, 1.54) is 12.1 Å². The van der Waals surface area contributed by atoms with Crippen molar-refractivity contribution < 1.29 is 12.8 Å². The first-order chi connectivity index (χ1) is 11.0. The molecule has 0 saturated carbocycles. The van der Waals surface area contributed by atoms with Gasteiger partial charge >= 0.3 is 0 Å². The molecule has 0 radical (unpaired) electrons. The maximum Gasteiger partial charge on any atom is 0.238 e. The number of aliphatic imine (C=N–C) groups is 1. The fourth-order valence-electron chi connectivity index (χ4n) is 1.92. The molecule has 0 saturated heterocycles. The number of furan rings is 1. The molecular weight excluding hydrogens is 443 g/mol. The Labute approximate surface area is 158 Å². The number of hydrogen-bond acceptors (Lipinski definition) is 4. The summed E-state index contributed by atoms with van der Waals surface area (Å²) in [7, 11) is -3.71. The largest absolute Gasteiger partial charge is 0.467 e. The van der Waals surface area contributed by atoms with Gasteiger partial charge in [0.1, 0.15) is 5.76 Å². The highest BCUT2D eigenvalue weighted by molar-refractivity contribution is 14.0. The Morgan fingerprint density at radius 2 is 2.04 bits per heavy atom. The molecule has 0 aliphatic rings. The SMILES string of the molecule is CCNC(=NCc1cccc(S(N)(=O)=O)c1)NCc1ccco1.I. The Kier molecular flexibility index (Phi) is 8.22. The third-order valence-corrected chi connectivity index (χ3v) is 3.91. The second-order valence-corrected chi connectivity index (χ2v) is 6.38. The van der Waals surface area contributed by atoms with Crippen LogP contribution in [0.1, 0.15) is 18.2 Å². The van der Waals surface area contributed by atoms with Crippen LogP contribution >= 0.6 is 24.0 Å². The standard InChI is InChI=1S/C15H20N4O3S.HI/c1-2-17-15(19-11-13-6-4-8-22-13)18-10-12-5-3-7-14(9-12)23(16,20)21;/h3-9H,2,10-11H2,1H3,(H2,16,20,21)(H2,17,18,19);1H. The van der Waals surface area contributed by atoms with Gasteiger partial charge in [-0.05, 0) is 36.8 Å². The minimum Gasteiger partial charge on any atom is -0.467 e. The molecule has 2 rings (SSSR count). The minimum absolute atomic E-state index is 0. The van der Waals surface area contributed by atoms with E-state index < -0.39 is 10.0 Å². The van der Waals surface area contributed by atoms with E-state index in [2.05, 4.69) is 15.6 Å². The highest BCUT2D eigenvalue weighted by Crippen LogP contribution is 2.10. The van der Waals surface area contributed by atoms with E-state index in [0.29, 0.717) is 25.6 Å². The summed E-state index contributed by atoms with van der Waals surface area (Å²) in [6.07, 6.45) is 1.61.